The quantitative estimate of drug-likeness (QED) is 0.752. The van der Waals surface area contributed by atoms with Gasteiger partial charge in [0.1, 0.15) is 17.7 Å². The lowest BCUT2D eigenvalue weighted by Crippen LogP contribution is -2.10. The molecule has 1 aromatic heterocycles. The molecule has 1 amide bonds. The van der Waals surface area contributed by atoms with Gasteiger partial charge < -0.3 is 9.73 Å². The molecule has 0 aliphatic carbocycles. The van der Waals surface area contributed by atoms with E-state index >= 15 is 0 Å². The molecule has 0 aliphatic heterocycles. The zero-order valence-corrected chi connectivity index (χ0v) is 12.0. The monoisotopic (exact) mass is 309 g/mol. The fourth-order valence-electron chi connectivity index (χ4n) is 2.11. The highest BCUT2D eigenvalue weighted by Crippen LogP contribution is 2.13. The number of halogens is 1. The molecule has 0 aliphatic rings. The lowest BCUT2D eigenvalue weighted by molar-refractivity contribution is -0.111. The van der Waals surface area contributed by atoms with E-state index in [0.29, 0.717) is 11.0 Å². The molecule has 114 valence electrons. The number of carbonyl (C=O) groups excluding carboxylic acids is 1. The minimum Gasteiger partial charge on any atom is -0.463 e. The van der Waals surface area contributed by atoms with Gasteiger partial charge in [-0.2, -0.15) is 0 Å². The molecular formula is C18H12FNO3. The number of hydrogen-bond acceptors (Lipinski definition) is 3. The van der Waals surface area contributed by atoms with Crippen LogP contribution in [0.15, 0.2) is 70.1 Å². The maximum absolute atomic E-state index is 13.4. The first-order chi connectivity index (χ1) is 11.1. The van der Waals surface area contributed by atoms with Crippen LogP contribution in [0.2, 0.25) is 0 Å². The van der Waals surface area contributed by atoms with Gasteiger partial charge in [0.15, 0.2) is 5.43 Å². The van der Waals surface area contributed by atoms with Crippen LogP contribution in [-0.4, -0.2) is 5.91 Å². The predicted molar refractivity (Wildman–Crippen MR) is 86.5 cm³/mol. The Morgan fingerprint density at radius 2 is 1.83 bits per heavy atom. The summed E-state index contributed by atoms with van der Waals surface area (Å²) in [5.41, 5.74) is 0.562. The van der Waals surface area contributed by atoms with Gasteiger partial charge >= 0.3 is 0 Å². The zero-order chi connectivity index (χ0) is 16.2. The van der Waals surface area contributed by atoms with Gasteiger partial charge in [-0.3, -0.25) is 9.59 Å². The van der Waals surface area contributed by atoms with E-state index in [-0.39, 0.29) is 16.7 Å². The van der Waals surface area contributed by atoms with Gasteiger partial charge in [0.05, 0.1) is 16.6 Å². The van der Waals surface area contributed by atoms with E-state index in [4.69, 9.17) is 4.42 Å². The van der Waals surface area contributed by atoms with Gasteiger partial charge in [-0.1, -0.05) is 24.3 Å². The number of anilines is 1. The summed E-state index contributed by atoms with van der Waals surface area (Å²) in [7, 11) is 0. The van der Waals surface area contributed by atoms with Crippen molar-refractivity contribution >= 4 is 28.6 Å². The van der Waals surface area contributed by atoms with Crippen molar-refractivity contribution in [3.8, 4) is 0 Å². The molecule has 23 heavy (non-hydrogen) atoms. The SMILES string of the molecule is O=C(/C=C/c1coc2ccccc2c1=O)Nc1ccccc1F. The summed E-state index contributed by atoms with van der Waals surface area (Å²) >= 11 is 0. The maximum Gasteiger partial charge on any atom is 0.248 e. The lowest BCUT2D eigenvalue weighted by Gasteiger charge is -2.02. The van der Waals surface area contributed by atoms with Crippen molar-refractivity contribution < 1.29 is 13.6 Å². The predicted octanol–water partition coefficient (Wildman–Crippen LogP) is 3.58. The molecule has 3 aromatic rings. The molecule has 0 bridgehead atoms. The first kappa shape index (κ1) is 14.7. The highest BCUT2D eigenvalue weighted by Gasteiger charge is 2.06. The van der Waals surface area contributed by atoms with Crippen LogP contribution in [0.5, 0.6) is 0 Å². The second-order valence-electron chi connectivity index (χ2n) is 4.82. The number of benzene rings is 2. The van der Waals surface area contributed by atoms with Crippen LogP contribution in [-0.2, 0) is 4.79 Å². The smallest absolute Gasteiger partial charge is 0.248 e. The highest BCUT2D eigenvalue weighted by molar-refractivity contribution is 6.02. The standard InChI is InChI=1S/C18H12FNO3/c19-14-6-2-3-7-15(14)20-17(21)10-9-12-11-23-16-8-4-1-5-13(16)18(12)22/h1-11H,(H,20,21)/b10-9+. The van der Waals surface area contributed by atoms with Gasteiger partial charge in [-0.15, -0.1) is 0 Å². The van der Waals surface area contributed by atoms with E-state index < -0.39 is 11.7 Å². The third kappa shape index (κ3) is 3.18. The molecule has 0 fully saturated rings. The summed E-state index contributed by atoms with van der Waals surface area (Å²) < 4.78 is 18.8. The average molecular weight is 309 g/mol. The molecule has 5 heteroatoms. The van der Waals surface area contributed by atoms with Crippen molar-refractivity contribution in [1.82, 2.24) is 0 Å². The van der Waals surface area contributed by atoms with Crippen LogP contribution >= 0.6 is 0 Å². The molecule has 2 aromatic carbocycles. The van der Waals surface area contributed by atoms with Gasteiger partial charge in [0.2, 0.25) is 5.91 Å². The van der Waals surface area contributed by atoms with E-state index in [2.05, 4.69) is 5.32 Å². The Morgan fingerprint density at radius 1 is 1.09 bits per heavy atom. The molecule has 0 spiro atoms. The Bertz CT molecular complexity index is 960. The fourth-order valence-corrected chi connectivity index (χ4v) is 2.11. The number of para-hydroxylation sites is 2. The van der Waals surface area contributed by atoms with Crippen molar-refractivity contribution in [2.75, 3.05) is 5.32 Å². The number of rotatable bonds is 3. The minimum atomic E-state index is -0.539. The van der Waals surface area contributed by atoms with E-state index in [1.165, 1.54) is 30.5 Å². The topological polar surface area (TPSA) is 59.3 Å². The molecule has 1 heterocycles. The number of fused-ring (bicyclic) bond motifs is 1. The number of carbonyl (C=O) groups is 1. The van der Waals surface area contributed by atoms with Gasteiger partial charge in [-0.25, -0.2) is 4.39 Å². The Balaban J connectivity index is 1.83. The van der Waals surface area contributed by atoms with Crippen molar-refractivity contribution in [3.63, 3.8) is 0 Å². The largest absolute Gasteiger partial charge is 0.463 e. The molecule has 4 nitrogen and oxygen atoms in total. The summed E-state index contributed by atoms with van der Waals surface area (Å²) in [6, 6.07) is 12.7. The third-order valence-corrected chi connectivity index (χ3v) is 3.25. The molecule has 0 radical (unpaired) electrons. The Kier molecular flexibility index (Phi) is 4.01. The van der Waals surface area contributed by atoms with Crippen LogP contribution < -0.4 is 10.7 Å². The second-order valence-corrected chi connectivity index (χ2v) is 4.82. The number of hydrogen-bond donors (Lipinski definition) is 1. The molecule has 0 saturated heterocycles. The average Bonchev–Trinajstić information content (AvgIpc) is 2.57. The first-order valence-electron chi connectivity index (χ1n) is 6.89. The highest BCUT2D eigenvalue weighted by atomic mass is 19.1. The summed E-state index contributed by atoms with van der Waals surface area (Å²) in [5.74, 6) is -1.07. The Hall–Kier alpha value is -3.21. The van der Waals surface area contributed by atoms with Crippen molar-refractivity contribution in [2.45, 2.75) is 0 Å². The zero-order valence-electron chi connectivity index (χ0n) is 12.0. The molecule has 0 atom stereocenters. The van der Waals surface area contributed by atoms with Crippen LogP contribution in [0.3, 0.4) is 0 Å². The van der Waals surface area contributed by atoms with E-state index in [1.807, 2.05) is 0 Å². The van der Waals surface area contributed by atoms with E-state index in [0.717, 1.165) is 6.08 Å². The van der Waals surface area contributed by atoms with Crippen LogP contribution in [0.25, 0.3) is 17.0 Å². The summed E-state index contributed by atoms with van der Waals surface area (Å²) in [6.45, 7) is 0. The Morgan fingerprint density at radius 3 is 2.65 bits per heavy atom. The second kappa shape index (κ2) is 6.27. The number of amides is 1. The lowest BCUT2D eigenvalue weighted by atomic mass is 10.1. The summed E-state index contributed by atoms with van der Waals surface area (Å²) in [5, 5.41) is 2.84. The molecule has 0 unspecified atom stereocenters. The van der Waals surface area contributed by atoms with Crippen molar-refractivity contribution in [2.24, 2.45) is 0 Å². The van der Waals surface area contributed by atoms with Gasteiger partial charge in [0, 0.05) is 6.08 Å². The van der Waals surface area contributed by atoms with Crippen LogP contribution in [0.1, 0.15) is 5.56 Å². The molecular weight excluding hydrogens is 297 g/mol. The molecule has 3 rings (SSSR count). The van der Waals surface area contributed by atoms with Crippen LogP contribution in [0, 0.1) is 5.82 Å². The van der Waals surface area contributed by atoms with E-state index in [9.17, 15) is 14.0 Å². The summed E-state index contributed by atoms with van der Waals surface area (Å²) in [4.78, 5) is 24.1. The van der Waals surface area contributed by atoms with Crippen LogP contribution in [0.4, 0.5) is 10.1 Å². The Labute approximate surface area is 130 Å². The van der Waals surface area contributed by atoms with E-state index in [1.54, 1.807) is 30.3 Å². The fraction of sp³-hybridized carbons (Fsp3) is 0. The number of nitrogens with one attached hydrogen (secondary N) is 1. The normalized spacial score (nSPS) is 11.0. The third-order valence-electron chi connectivity index (χ3n) is 3.25. The molecule has 0 saturated carbocycles. The first-order valence-corrected chi connectivity index (χ1v) is 6.89. The van der Waals surface area contributed by atoms with Crippen molar-refractivity contribution in [3.05, 3.63) is 82.5 Å². The minimum absolute atomic E-state index is 0.0766. The summed E-state index contributed by atoms with van der Waals surface area (Å²) in [6.07, 6.45) is 3.79. The maximum atomic E-state index is 13.4. The molecule has 1 N–H and O–H groups in total. The van der Waals surface area contributed by atoms with Gasteiger partial charge in [-0.05, 0) is 30.3 Å². The van der Waals surface area contributed by atoms with Crippen molar-refractivity contribution in [1.29, 1.82) is 0 Å². The van der Waals surface area contributed by atoms with Gasteiger partial charge in [0.25, 0.3) is 0 Å².